The number of carboxylic acid groups (broad SMARTS) is 1. The molecule has 1 aromatic heterocycles. The Bertz CT molecular complexity index is 701. The van der Waals surface area contributed by atoms with Crippen molar-refractivity contribution in [2.24, 2.45) is 0 Å². The SMILES string of the molecule is CC(C)(C)n1nnc(CNCc2c(F)cc(C(=O)O)cc2F)n1. The van der Waals surface area contributed by atoms with Gasteiger partial charge in [0, 0.05) is 12.1 Å². The quantitative estimate of drug-likeness (QED) is 0.869. The highest BCUT2D eigenvalue weighted by Crippen LogP contribution is 2.16. The van der Waals surface area contributed by atoms with Crippen LogP contribution < -0.4 is 5.32 Å². The minimum Gasteiger partial charge on any atom is -0.478 e. The van der Waals surface area contributed by atoms with Crippen LogP contribution in [0.5, 0.6) is 0 Å². The molecule has 7 nitrogen and oxygen atoms in total. The van der Waals surface area contributed by atoms with Gasteiger partial charge in [-0.25, -0.2) is 13.6 Å². The summed E-state index contributed by atoms with van der Waals surface area (Å²) < 4.78 is 27.5. The Morgan fingerprint density at radius 2 is 1.87 bits per heavy atom. The Balaban J connectivity index is 2.02. The molecule has 2 rings (SSSR count). The number of carbonyl (C=O) groups is 1. The molecule has 0 unspecified atom stereocenters. The molecule has 1 heterocycles. The van der Waals surface area contributed by atoms with Crippen LogP contribution in [-0.2, 0) is 18.6 Å². The van der Waals surface area contributed by atoms with Gasteiger partial charge >= 0.3 is 5.97 Å². The number of hydrogen-bond donors (Lipinski definition) is 2. The number of tetrazole rings is 1. The monoisotopic (exact) mass is 325 g/mol. The molecule has 0 saturated heterocycles. The number of hydrogen-bond acceptors (Lipinski definition) is 5. The first-order valence-electron chi connectivity index (χ1n) is 6.90. The van der Waals surface area contributed by atoms with Gasteiger partial charge in [0.15, 0.2) is 5.82 Å². The average Bonchev–Trinajstić information content (AvgIpc) is 2.90. The topological polar surface area (TPSA) is 92.9 Å². The molecule has 1 aromatic carbocycles. The van der Waals surface area contributed by atoms with Crippen LogP contribution in [0.15, 0.2) is 12.1 Å². The Hall–Kier alpha value is -2.42. The molecule has 0 atom stereocenters. The molecule has 0 aliphatic carbocycles. The zero-order valence-corrected chi connectivity index (χ0v) is 13.0. The molecule has 9 heteroatoms. The van der Waals surface area contributed by atoms with Crippen LogP contribution in [0.2, 0.25) is 0 Å². The molecule has 0 aliphatic heterocycles. The third-order valence-corrected chi connectivity index (χ3v) is 3.03. The lowest BCUT2D eigenvalue weighted by atomic mass is 10.1. The summed E-state index contributed by atoms with van der Waals surface area (Å²) in [7, 11) is 0. The molecular weight excluding hydrogens is 308 g/mol. The molecule has 0 radical (unpaired) electrons. The van der Waals surface area contributed by atoms with Crippen LogP contribution in [0, 0.1) is 11.6 Å². The molecule has 0 aliphatic rings. The van der Waals surface area contributed by atoms with Crippen molar-refractivity contribution in [2.75, 3.05) is 0 Å². The number of halogens is 2. The fraction of sp³-hybridized carbons (Fsp3) is 0.429. The lowest BCUT2D eigenvalue weighted by Gasteiger charge is -2.15. The van der Waals surface area contributed by atoms with Crippen molar-refractivity contribution >= 4 is 5.97 Å². The zero-order valence-electron chi connectivity index (χ0n) is 13.0. The first-order valence-corrected chi connectivity index (χ1v) is 6.90. The lowest BCUT2D eigenvalue weighted by Crippen LogP contribution is -2.25. The van der Waals surface area contributed by atoms with Gasteiger partial charge in [-0.15, -0.1) is 10.2 Å². The molecule has 0 fully saturated rings. The molecule has 0 saturated carbocycles. The maximum Gasteiger partial charge on any atom is 0.335 e. The maximum absolute atomic E-state index is 13.8. The lowest BCUT2D eigenvalue weighted by molar-refractivity contribution is 0.0695. The van der Waals surface area contributed by atoms with Gasteiger partial charge in [0.1, 0.15) is 11.6 Å². The average molecular weight is 325 g/mol. The minimum atomic E-state index is -1.38. The van der Waals surface area contributed by atoms with E-state index in [1.54, 1.807) is 0 Å². The third-order valence-electron chi connectivity index (χ3n) is 3.03. The highest BCUT2D eigenvalue weighted by molar-refractivity contribution is 5.87. The van der Waals surface area contributed by atoms with E-state index in [0.29, 0.717) is 5.82 Å². The summed E-state index contributed by atoms with van der Waals surface area (Å²) in [6.45, 7) is 5.80. The molecule has 2 aromatic rings. The van der Waals surface area contributed by atoms with Gasteiger partial charge in [-0.2, -0.15) is 4.80 Å². The minimum absolute atomic E-state index is 0.123. The second-order valence-electron chi connectivity index (χ2n) is 5.99. The van der Waals surface area contributed by atoms with Crippen molar-refractivity contribution in [1.29, 1.82) is 0 Å². The normalized spacial score (nSPS) is 11.7. The Kier molecular flexibility index (Phi) is 4.69. The number of rotatable bonds is 5. The van der Waals surface area contributed by atoms with E-state index >= 15 is 0 Å². The summed E-state index contributed by atoms with van der Waals surface area (Å²) >= 11 is 0. The van der Waals surface area contributed by atoms with Crippen molar-refractivity contribution in [1.82, 2.24) is 25.5 Å². The highest BCUT2D eigenvalue weighted by atomic mass is 19.1. The molecule has 0 bridgehead atoms. The zero-order chi connectivity index (χ0) is 17.2. The second-order valence-corrected chi connectivity index (χ2v) is 5.99. The van der Waals surface area contributed by atoms with E-state index in [1.165, 1.54) is 4.80 Å². The number of benzene rings is 1. The number of nitrogens with one attached hydrogen (secondary N) is 1. The molecule has 2 N–H and O–H groups in total. The van der Waals surface area contributed by atoms with Crippen LogP contribution in [-0.4, -0.2) is 31.3 Å². The van der Waals surface area contributed by atoms with Crippen molar-refractivity contribution in [3.63, 3.8) is 0 Å². The van der Waals surface area contributed by atoms with E-state index in [-0.39, 0.29) is 24.2 Å². The Labute approximate surface area is 131 Å². The summed E-state index contributed by atoms with van der Waals surface area (Å²) in [5.74, 6) is -2.82. The van der Waals surface area contributed by atoms with Crippen molar-refractivity contribution in [2.45, 2.75) is 39.4 Å². The molecule has 124 valence electrons. The summed E-state index contributed by atoms with van der Waals surface area (Å²) in [6.07, 6.45) is 0. The van der Waals surface area contributed by atoms with Gasteiger partial charge in [0.25, 0.3) is 0 Å². The predicted molar refractivity (Wildman–Crippen MR) is 76.7 cm³/mol. The van der Waals surface area contributed by atoms with E-state index in [4.69, 9.17) is 5.11 Å². The largest absolute Gasteiger partial charge is 0.478 e. The first kappa shape index (κ1) is 16.9. The van der Waals surface area contributed by atoms with Crippen molar-refractivity contribution in [3.8, 4) is 0 Å². The van der Waals surface area contributed by atoms with E-state index in [1.807, 2.05) is 20.8 Å². The van der Waals surface area contributed by atoms with Gasteiger partial charge in [0.05, 0.1) is 17.6 Å². The van der Waals surface area contributed by atoms with Gasteiger partial charge in [-0.3, -0.25) is 0 Å². The number of aromatic carboxylic acids is 1. The maximum atomic E-state index is 13.8. The summed E-state index contributed by atoms with van der Waals surface area (Å²) in [5.41, 5.74) is -0.979. The first-order chi connectivity index (χ1) is 10.7. The molecule has 0 amide bonds. The van der Waals surface area contributed by atoms with Gasteiger partial charge in [0.2, 0.25) is 0 Å². The van der Waals surface area contributed by atoms with E-state index in [2.05, 4.69) is 20.7 Å². The summed E-state index contributed by atoms with van der Waals surface area (Å²) in [5, 5.41) is 23.5. The van der Waals surface area contributed by atoms with Crippen LogP contribution in [0.25, 0.3) is 0 Å². The Morgan fingerprint density at radius 1 is 1.26 bits per heavy atom. The fourth-order valence-electron chi connectivity index (χ4n) is 1.79. The summed E-state index contributed by atoms with van der Waals surface area (Å²) in [6, 6.07) is 1.58. The standard InChI is InChI=1S/C14H17F2N5O2/c1-14(2,3)21-19-12(18-20-21)7-17-6-9-10(15)4-8(13(22)23)5-11(9)16/h4-5,17H,6-7H2,1-3H3,(H,22,23). The molecule has 0 spiro atoms. The van der Waals surface area contributed by atoms with Crippen LogP contribution in [0.4, 0.5) is 8.78 Å². The van der Waals surface area contributed by atoms with Gasteiger partial charge in [-0.05, 0) is 38.1 Å². The second kappa shape index (κ2) is 6.37. The van der Waals surface area contributed by atoms with E-state index < -0.39 is 23.2 Å². The van der Waals surface area contributed by atoms with E-state index in [9.17, 15) is 13.6 Å². The Morgan fingerprint density at radius 3 is 2.35 bits per heavy atom. The third kappa shape index (κ3) is 4.07. The van der Waals surface area contributed by atoms with Gasteiger partial charge in [-0.1, -0.05) is 0 Å². The molecule has 23 heavy (non-hydrogen) atoms. The van der Waals surface area contributed by atoms with Crippen LogP contribution in [0.3, 0.4) is 0 Å². The highest BCUT2D eigenvalue weighted by Gasteiger charge is 2.17. The van der Waals surface area contributed by atoms with Crippen molar-refractivity contribution in [3.05, 3.63) is 40.7 Å². The van der Waals surface area contributed by atoms with Crippen LogP contribution in [0.1, 0.15) is 42.5 Å². The number of aromatic nitrogens is 4. The summed E-state index contributed by atoms with van der Waals surface area (Å²) in [4.78, 5) is 12.2. The number of carboxylic acids is 1. The predicted octanol–water partition coefficient (Wildman–Crippen LogP) is 1.69. The fourth-order valence-corrected chi connectivity index (χ4v) is 1.79. The number of nitrogens with zero attached hydrogens (tertiary/aromatic N) is 4. The molecular formula is C14H17F2N5O2. The van der Waals surface area contributed by atoms with E-state index in [0.717, 1.165) is 12.1 Å². The smallest absolute Gasteiger partial charge is 0.335 e. The van der Waals surface area contributed by atoms with Crippen molar-refractivity contribution < 1.29 is 18.7 Å². The van der Waals surface area contributed by atoms with Crippen LogP contribution >= 0.6 is 0 Å². The van der Waals surface area contributed by atoms with Gasteiger partial charge < -0.3 is 10.4 Å².